The third-order valence-electron chi connectivity index (χ3n) is 6.18. The largest absolute Gasteiger partial charge is 0.462 e. The van der Waals surface area contributed by atoms with Gasteiger partial charge >= 0.3 is 5.97 Å². The van der Waals surface area contributed by atoms with E-state index in [2.05, 4.69) is 10.2 Å². The van der Waals surface area contributed by atoms with Crippen molar-refractivity contribution in [2.75, 3.05) is 11.5 Å². The third-order valence-corrected chi connectivity index (χ3v) is 6.18. The highest BCUT2D eigenvalue weighted by Gasteiger charge is 2.62. The highest BCUT2D eigenvalue weighted by molar-refractivity contribution is 6.18. The van der Waals surface area contributed by atoms with E-state index in [1.54, 1.807) is 18.7 Å². The minimum atomic E-state index is -1.53. The number of H-pyrrole nitrogens is 1. The van der Waals surface area contributed by atoms with Gasteiger partial charge in [-0.2, -0.15) is 0 Å². The number of aryl methyl sites for hydroxylation is 2. The quantitative estimate of drug-likeness (QED) is 0.599. The van der Waals surface area contributed by atoms with Crippen molar-refractivity contribution in [2.24, 2.45) is 5.73 Å². The fraction of sp³-hybridized carbons (Fsp3) is 0.240. The van der Waals surface area contributed by atoms with Crippen LogP contribution in [-0.4, -0.2) is 28.7 Å². The number of nitrogens with two attached hydrogens (primary N) is 1. The molecule has 1 amide bonds. The number of ether oxygens (including phenoxy) is 2. The molecular weight excluding hydrogens is 420 g/mol. The average molecular weight is 444 g/mol. The molecule has 3 heterocycles. The summed E-state index contributed by atoms with van der Waals surface area (Å²) in [6.45, 7) is 5.97. The lowest BCUT2D eigenvalue weighted by molar-refractivity contribution is -0.140. The number of hydrogen-bond donors (Lipinski definition) is 2. The number of esters is 1. The second-order valence-corrected chi connectivity index (χ2v) is 8.24. The first kappa shape index (κ1) is 20.8. The minimum Gasteiger partial charge on any atom is -0.462 e. The van der Waals surface area contributed by atoms with Crippen LogP contribution in [0.3, 0.4) is 0 Å². The van der Waals surface area contributed by atoms with E-state index in [9.17, 15) is 9.59 Å². The molecule has 2 aromatic carbocycles. The fourth-order valence-corrected chi connectivity index (χ4v) is 4.93. The van der Waals surface area contributed by atoms with Gasteiger partial charge in [0, 0.05) is 16.9 Å². The van der Waals surface area contributed by atoms with Crippen LogP contribution >= 0.6 is 0 Å². The minimum absolute atomic E-state index is 0.0226. The lowest BCUT2D eigenvalue weighted by atomic mass is 9.68. The van der Waals surface area contributed by atoms with Crippen LogP contribution in [-0.2, 0) is 26.3 Å². The number of aromatic amines is 1. The highest BCUT2D eigenvalue weighted by Crippen LogP contribution is 2.56. The molecule has 1 spiro atoms. The summed E-state index contributed by atoms with van der Waals surface area (Å²) in [5.41, 5.74) is 9.21. The van der Waals surface area contributed by atoms with Gasteiger partial charge in [-0.1, -0.05) is 48.0 Å². The number of fused-ring (bicyclic) bond motifs is 4. The molecule has 8 heteroatoms. The fourth-order valence-electron chi connectivity index (χ4n) is 4.93. The van der Waals surface area contributed by atoms with Gasteiger partial charge in [0.1, 0.15) is 11.0 Å². The van der Waals surface area contributed by atoms with Gasteiger partial charge in [0.05, 0.1) is 18.7 Å². The van der Waals surface area contributed by atoms with Crippen molar-refractivity contribution in [3.63, 3.8) is 0 Å². The lowest BCUT2D eigenvalue weighted by Gasteiger charge is -2.34. The van der Waals surface area contributed by atoms with Gasteiger partial charge in [0.2, 0.25) is 17.7 Å². The first-order valence-electron chi connectivity index (χ1n) is 10.8. The number of benzene rings is 2. The number of carbonyl (C=O) groups excluding carboxylic acids is 2. The Morgan fingerprint density at radius 3 is 2.76 bits per heavy atom. The smallest absolute Gasteiger partial charge is 0.341 e. The maximum absolute atomic E-state index is 14.4. The van der Waals surface area contributed by atoms with E-state index >= 15 is 0 Å². The molecule has 2 aliphatic heterocycles. The predicted molar refractivity (Wildman–Crippen MR) is 121 cm³/mol. The zero-order valence-corrected chi connectivity index (χ0v) is 18.6. The summed E-state index contributed by atoms with van der Waals surface area (Å²) in [5, 5.41) is 7.09. The van der Waals surface area contributed by atoms with E-state index in [0.717, 1.165) is 11.1 Å². The van der Waals surface area contributed by atoms with Crippen molar-refractivity contribution in [1.29, 1.82) is 0 Å². The number of nitrogens with zero attached hydrogens (tertiary/aromatic N) is 2. The summed E-state index contributed by atoms with van der Waals surface area (Å²) in [7, 11) is 0. The number of anilines is 1. The van der Waals surface area contributed by atoms with Crippen LogP contribution in [0.1, 0.15) is 34.9 Å². The van der Waals surface area contributed by atoms with E-state index in [0.29, 0.717) is 29.1 Å². The predicted octanol–water partition coefficient (Wildman–Crippen LogP) is 2.99. The Labute approximate surface area is 191 Å². The molecule has 33 heavy (non-hydrogen) atoms. The molecule has 1 unspecified atom stereocenters. The molecule has 0 saturated heterocycles. The molecule has 3 aromatic rings. The topological polar surface area (TPSA) is 111 Å². The second-order valence-electron chi connectivity index (χ2n) is 8.24. The standard InChI is InChI=1S/C25H24N4O4/c1-4-32-23(30)20-21(26)33-22-19(15(3)27-28-22)25(20)17-10-5-6-11-18(17)29(24(25)31)13-16-9-7-8-14(2)12-16/h5-12H,4,13,26H2,1-3H3,(H,27,28). The van der Waals surface area contributed by atoms with Crippen LogP contribution < -0.4 is 15.4 Å². The number of para-hydroxylation sites is 1. The van der Waals surface area contributed by atoms with Gasteiger partial charge in [0.25, 0.3) is 0 Å². The van der Waals surface area contributed by atoms with Crippen molar-refractivity contribution in [3.05, 3.63) is 87.9 Å². The molecular formula is C25H24N4O4. The molecule has 0 radical (unpaired) electrons. The third kappa shape index (κ3) is 2.87. The Bertz CT molecular complexity index is 1330. The van der Waals surface area contributed by atoms with Crippen LogP contribution in [0.15, 0.2) is 60.0 Å². The zero-order chi connectivity index (χ0) is 23.3. The van der Waals surface area contributed by atoms with E-state index in [-0.39, 0.29) is 29.9 Å². The molecule has 3 N–H and O–H groups in total. The second kappa shape index (κ2) is 7.51. The number of aromatic nitrogens is 2. The summed E-state index contributed by atoms with van der Waals surface area (Å²) >= 11 is 0. The van der Waals surface area contributed by atoms with Crippen molar-refractivity contribution < 1.29 is 19.1 Å². The normalized spacial score (nSPS) is 18.9. The van der Waals surface area contributed by atoms with Crippen LogP contribution in [0.2, 0.25) is 0 Å². The van der Waals surface area contributed by atoms with E-state index < -0.39 is 11.4 Å². The molecule has 0 bridgehead atoms. The van der Waals surface area contributed by atoms with Crippen molar-refractivity contribution in [2.45, 2.75) is 32.7 Å². The SMILES string of the molecule is CCOC(=O)C1=C(N)Oc2n[nH]c(C)c2C12C(=O)N(Cc1cccc(C)c1)c1ccccc12. The Kier molecular flexibility index (Phi) is 4.74. The number of hydrogen-bond acceptors (Lipinski definition) is 6. The number of rotatable bonds is 4. The Balaban J connectivity index is 1.78. The Morgan fingerprint density at radius 2 is 2.00 bits per heavy atom. The molecule has 0 fully saturated rings. The van der Waals surface area contributed by atoms with Gasteiger partial charge in [-0.15, -0.1) is 5.10 Å². The van der Waals surface area contributed by atoms with E-state index in [1.807, 2.05) is 55.5 Å². The Hall–Kier alpha value is -4.07. The Morgan fingerprint density at radius 1 is 1.21 bits per heavy atom. The maximum atomic E-state index is 14.4. The first-order valence-corrected chi connectivity index (χ1v) is 10.8. The monoisotopic (exact) mass is 444 g/mol. The summed E-state index contributed by atoms with van der Waals surface area (Å²) in [6, 6.07) is 15.4. The van der Waals surface area contributed by atoms with Gasteiger partial charge in [0.15, 0.2) is 0 Å². The van der Waals surface area contributed by atoms with Gasteiger partial charge in [-0.05, 0) is 32.4 Å². The summed E-state index contributed by atoms with van der Waals surface area (Å²) in [4.78, 5) is 29.4. The molecule has 168 valence electrons. The van der Waals surface area contributed by atoms with Crippen molar-refractivity contribution in [1.82, 2.24) is 10.2 Å². The van der Waals surface area contributed by atoms with E-state index in [1.165, 1.54) is 0 Å². The van der Waals surface area contributed by atoms with E-state index in [4.69, 9.17) is 15.2 Å². The molecule has 1 aromatic heterocycles. The maximum Gasteiger partial charge on any atom is 0.341 e. The molecule has 5 rings (SSSR count). The molecule has 8 nitrogen and oxygen atoms in total. The van der Waals surface area contributed by atoms with Crippen LogP contribution in [0, 0.1) is 13.8 Å². The first-order chi connectivity index (χ1) is 15.9. The summed E-state index contributed by atoms with van der Waals surface area (Å²) in [6.07, 6.45) is 0. The summed E-state index contributed by atoms with van der Waals surface area (Å²) in [5.74, 6) is -1.00. The zero-order valence-electron chi connectivity index (χ0n) is 18.6. The van der Waals surface area contributed by atoms with Crippen molar-refractivity contribution >= 4 is 17.6 Å². The molecule has 1 atom stereocenters. The van der Waals surface area contributed by atoms with Crippen molar-refractivity contribution in [3.8, 4) is 5.88 Å². The molecule has 2 aliphatic rings. The average Bonchev–Trinajstić information content (AvgIpc) is 3.26. The van der Waals surface area contributed by atoms with Crippen LogP contribution in [0.4, 0.5) is 5.69 Å². The summed E-state index contributed by atoms with van der Waals surface area (Å²) < 4.78 is 11.0. The number of carbonyl (C=O) groups is 2. The molecule has 0 aliphatic carbocycles. The highest BCUT2D eigenvalue weighted by atomic mass is 16.5. The number of nitrogens with one attached hydrogen (secondary N) is 1. The van der Waals surface area contributed by atoms with Gasteiger partial charge in [-0.3, -0.25) is 9.89 Å². The number of amides is 1. The van der Waals surface area contributed by atoms with Gasteiger partial charge in [-0.25, -0.2) is 4.79 Å². The molecule has 0 saturated carbocycles. The van der Waals surface area contributed by atoms with Gasteiger partial charge < -0.3 is 20.1 Å². The van der Waals surface area contributed by atoms with Crippen LogP contribution in [0.5, 0.6) is 5.88 Å². The van der Waals surface area contributed by atoms with Crippen LogP contribution in [0.25, 0.3) is 0 Å². The lowest BCUT2D eigenvalue weighted by Crippen LogP contribution is -2.48.